The van der Waals surface area contributed by atoms with Gasteiger partial charge in [-0.15, -0.1) is 0 Å². The second kappa shape index (κ2) is 13.5. The lowest BCUT2D eigenvalue weighted by atomic mass is 9.88. The van der Waals surface area contributed by atoms with Crippen LogP contribution in [0.5, 0.6) is 0 Å². The van der Waals surface area contributed by atoms with E-state index in [-0.39, 0.29) is 11.8 Å². The predicted octanol–water partition coefficient (Wildman–Crippen LogP) is 7.31. The fourth-order valence-corrected chi connectivity index (χ4v) is 7.34. The molecule has 2 aliphatic carbocycles. The topological polar surface area (TPSA) is 59.4 Å². The van der Waals surface area contributed by atoms with Crippen LogP contribution in [0.15, 0.2) is 42.5 Å². The van der Waals surface area contributed by atoms with Gasteiger partial charge in [-0.1, -0.05) is 44.6 Å². The van der Waals surface area contributed by atoms with Gasteiger partial charge in [-0.2, -0.15) is 0 Å². The minimum Gasteiger partial charge on any atom is -0.378 e. The molecule has 1 unspecified atom stereocenters. The number of fused-ring (bicyclic) bond motifs is 1. The van der Waals surface area contributed by atoms with E-state index in [4.69, 9.17) is 9.72 Å². The molecule has 1 atom stereocenters. The second-order valence-corrected chi connectivity index (χ2v) is 12.8. The molecule has 1 N–H and O–H groups in total. The van der Waals surface area contributed by atoms with Crippen LogP contribution in [-0.4, -0.2) is 48.2 Å². The van der Waals surface area contributed by atoms with Crippen molar-refractivity contribution in [2.24, 2.45) is 11.8 Å². The molecular formula is C35H48N4O2. The number of aromatic nitrogens is 2. The van der Waals surface area contributed by atoms with Crippen molar-refractivity contribution in [3.63, 3.8) is 0 Å². The number of rotatable bonds is 10. The summed E-state index contributed by atoms with van der Waals surface area (Å²) in [6.07, 6.45) is 13.8. The smallest absolute Gasteiger partial charge is 0.141 e. The lowest BCUT2D eigenvalue weighted by molar-refractivity contribution is -0.117. The predicted molar refractivity (Wildman–Crippen MR) is 167 cm³/mol. The lowest BCUT2D eigenvalue weighted by Gasteiger charge is -2.29. The van der Waals surface area contributed by atoms with Crippen LogP contribution in [0.4, 0.5) is 5.69 Å². The average molecular weight is 557 g/mol. The van der Waals surface area contributed by atoms with Gasteiger partial charge in [-0.3, -0.25) is 4.79 Å². The molecule has 3 aliphatic rings. The van der Waals surface area contributed by atoms with Gasteiger partial charge in [-0.05, 0) is 92.9 Å². The summed E-state index contributed by atoms with van der Waals surface area (Å²) in [6.45, 7) is 7.20. The largest absolute Gasteiger partial charge is 0.378 e. The van der Waals surface area contributed by atoms with Crippen LogP contribution in [0.1, 0.15) is 89.2 Å². The summed E-state index contributed by atoms with van der Waals surface area (Å²) in [6, 6.07) is 15.8. The summed E-state index contributed by atoms with van der Waals surface area (Å²) in [7, 11) is 0. The van der Waals surface area contributed by atoms with Gasteiger partial charge in [0.25, 0.3) is 0 Å². The van der Waals surface area contributed by atoms with E-state index in [0.29, 0.717) is 12.3 Å². The van der Waals surface area contributed by atoms with Crippen LogP contribution in [0.25, 0.3) is 22.4 Å². The maximum absolute atomic E-state index is 12.3. The molecule has 3 fully saturated rings. The minimum absolute atomic E-state index is 0.0403. The summed E-state index contributed by atoms with van der Waals surface area (Å²) >= 11 is 0. The van der Waals surface area contributed by atoms with Gasteiger partial charge in [0.2, 0.25) is 0 Å². The Balaban J connectivity index is 1.30. The molecule has 220 valence electrons. The monoisotopic (exact) mass is 556 g/mol. The molecule has 6 nitrogen and oxygen atoms in total. The van der Waals surface area contributed by atoms with Crippen molar-refractivity contribution in [1.82, 2.24) is 14.9 Å². The highest BCUT2D eigenvalue weighted by Crippen LogP contribution is 2.33. The fraction of sp³-hybridized carbons (Fsp3) is 0.600. The molecule has 0 radical (unpaired) electrons. The number of carbonyl (C=O) groups excluding carboxylic acids is 1. The second-order valence-electron chi connectivity index (χ2n) is 12.8. The highest BCUT2D eigenvalue weighted by molar-refractivity contribution is 5.82. The zero-order valence-corrected chi connectivity index (χ0v) is 25.0. The Kier molecular flexibility index (Phi) is 9.37. The van der Waals surface area contributed by atoms with Gasteiger partial charge >= 0.3 is 0 Å². The molecule has 2 saturated carbocycles. The Morgan fingerprint density at radius 1 is 0.927 bits per heavy atom. The van der Waals surface area contributed by atoms with Crippen molar-refractivity contribution < 1.29 is 9.53 Å². The van der Waals surface area contributed by atoms with E-state index >= 15 is 0 Å². The van der Waals surface area contributed by atoms with E-state index < -0.39 is 0 Å². The highest BCUT2D eigenvalue weighted by atomic mass is 16.5. The van der Waals surface area contributed by atoms with Gasteiger partial charge < -0.3 is 19.5 Å². The number of carbonyl (C=O) groups is 1. The summed E-state index contributed by atoms with van der Waals surface area (Å²) in [5.74, 6) is 2.73. The molecule has 1 aromatic heterocycles. The molecule has 1 saturated heterocycles. The number of nitrogens with zero attached hydrogens (tertiary/aromatic N) is 3. The molecular weight excluding hydrogens is 508 g/mol. The van der Waals surface area contributed by atoms with Gasteiger partial charge in [0.1, 0.15) is 11.6 Å². The van der Waals surface area contributed by atoms with E-state index in [1.165, 1.54) is 86.5 Å². The third-order valence-corrected chi connectivity index (χ3v) is 9.71. The molecule has 41 heavy (non-hydrogen) atoms. The average Bonchev–Trinajstić information content (AvgIpc) is 3.38. The Morgan fingerprint density at radius 3 is 2.29 bits per heavy atom. The number of nitrogens with one attached hydrogen (secondary N) is 1. The number of anilines is 1. The molecule has 0 amide bonds. The summed E-state index contributed by atoms with van der Waals surface area (Å²) in [5.41, 5.74) is 5.86. The van der Waals surface area contributed by atoms with Crippen molar-refractivity contribution in [2.45, 2.75) is 90.1 Å². The Labute approximate surface area is 245 Å². The van der Waals surface area contributed by atoms with E-state index in [0.717, 1.165) is 56.7 Å². The third-order valence-electron chi connectivity index (χ3n) is 9.71. The van der Waals surface area contributed by atoms with Crippen LogP contribution in [0, 0.1) is 11.8 Å². The highest BCUT2D eigenvalue weighted by Gasteiger charge is 2.22. The first kappa shape index (κ1) is 28.4. The molecule has 1 aliphatic heterocycles. The summed E-state index contributed by atoms with van der Waals surface area (Å²) in [5, 5.41) is 3.79. The van der Waals surface area contributed by atoms with Crippen LogP contribution < -0.4 is 10.2 Å². The van der Waals surface area contributed by atoms with Crippen LogP contribution in [0.3, 0.4) is 0 Å². The SMILES string of the molecule is CC(=O)CC(NCC1CCCCC1)c1ccc2c(c1)nc(-c1ccc(N3CCOCC3)cc1)n2CC1CCCCC1. The first-order valence-corrected chi connectivity index (χ1v) is 16.3. The van der Waals surface area contributed by atoms with Gasteiger partial charge in [0, 0.05) is 43.3 Å². The van der Waals surface area contributed by atoms with Gasteiger partial charge in [0.05, 0.1) is 24.2 Å². The quantitative estimate of drug-likeness (QED) is 0.284. The first-order valence-electron chi connectivity index (χ1n) is 16.3. The van der Waals surface area contributed by atoms with Crippen LogP contribution in [-0.2, 0) is 16.1 Å². The molecule has 6 rings (SSSR count). The maximum atomic E-state index is 12.3. The van der Waals surface area contributed by atoms with E-state index in [2.05, 4.69) is 57.2 Å². The fourth-order valence-electron chi connectivity index (χ4n) is 7.34. The van der Waals surface area contributed by atoms with Crippen LogP contribution >= 0.6 is 0 Å². The maximum Gasteiger partial charge on any atom is 0.141 e. The van der Waals surface area contributed by atoms with Crippen LogP contribution in [0.2, 0.25) is 0 Å². The summed E-state index contributed by atoms with van der Waals surface area (Å²) < 4.78 is 8.03. The minimum atomic E-state index is 0.0403. The van der Waals surface area contributed by atoms with Crippen molar-refractivity contribution >= 4 is 22.5 Å². The van der Waals surface area contributed by atoms with Gasteiger partial charge in [-0.25, -0.2) is 4.98 Å². The van der Waals surface area contributed by atoms with Gasteiger partial charge in [0.15, 0.2) is 0 Å². The van der Waals surface area contributed by atoms with Crippen molar-refractivity contribution in [1.29, 1.82) is 0 Å². The normalized spacial score (nSPS) is 20.0. The van der Waals surface area contributed by atoms with E-state index in [1.54, 1.807) is 6.92 Å². The molecule has 2 heterocycles. The molecule has 3 aromatic rings. The van der Waals surface area contributed by atoms with E-state index in [9.17, 15) is 4.79 Å². The molecule has 2 aromatic carbocycles. The molecule has 0 spiro atoms. The van der Waals surface area contributed by atoms with Crippen molar-refractivity contribution in [3.05, 3.63) is 48.0 Å². The number of ketones is 1. The standard InChI is InChI=1S/C35H48N4O2/c1-26(40)22-32(36-24-27-8-4-2-5-9-27)30-14-17-34-33(23-30)37-35(39(34)25-28-10-6-3-7-11-28)29-12-15-31(16-13-29)38-18-20-41-21-19-38/h12-17,23,27-28,32,36H,2-11,18-22,24-25H2,1H3. The first-order chi connectivity index (χ1) is 20.1. The number of morpholine rings is 1. The molecule has 6 heteroatoms. The number of hydrogen-bond donors (Lipinski definition) is 1. The number of ether oxygens (including phenoxy) is 1. The number of benzene rings is 2. The molecule has 0 bridgehead atoms. The van der Waals surface area contributed by atoms with Crippen molar-refractivity contribution in [3.8, 4) is 11.4 Å². The summed E-state index contributed by atoms with van der Waals surface area (Å²) in [4.78, 5) is 20.0. The number of imidazole rings is 1. The van der Waals surface area contributed by atoms with E-state index in [1.807, 2.05) is 0 Å². The Hall–Kier alpha value is -2.70. The zero-order valence-electron chi connectivity index (χ0n) is 25.0. The van der Waals surface area contributed by atoms with Crippen molar-refractivity contribution in [2.75, 3.05) is 37.7 Å². The third kappa shape index (κ3) is 7.03. The lowest BCUT2D eigenvalue weighted by Crippen LogP contribution is -2.36. The Bertz CT molecular complexity index is 1280. The zero-order chi connectivity index (χ0) is 28.0. The number of hydrogen-bond acceptors (Lipinski definition) is 5. The Morgan fingerprint density at radius 2 is 1.61 bits per heavy atom. The number of Topliss-reactive ketones (excluding diaryl/α,β-unsaturated/α-hetero) is 1.